The highest BCUT2D eigenvalue weighted by atomic mass is 35.5. The van der Waals surface area contributed by atoms with Crippen molar-refractivity contribution in [3.63, 3.8) is 0 Å². The number of hydrogen-bond donors (Lipinski definition) is 1. The Morgan fingerprint density at radius 2 is 1.90 bits per heavy atom. The summed E-state index contributed by atoms with van der Waals surface area (Å²) in [7, 11) is -3.72. The van der Waals surface area contributed by atoms with Gasteiger partial charge in [-0.1, -0.05) is 11.6 Å². The molecule has 7 heteroatoms. The fourth-order valence-corrected chi connectivity index (χ4v) is 3.78. The molecule has 0 unspecified atom stereocenters. The summed E-state index contributed by atoms with van der Waals surface area (Å²) in [5, 5.41) is 0.333. The summed E-state index contributed by atoms with van der Waals surface area (Å²) in [6, 6.07) is 6.13. The second-order valence-corrected chi connectivity index (χ2v) is 6.76. The van der Waals surface area contributed by atoms with Crippen LogP contribution in [-0.2, 0) is 10.0 Å². The molecule has 1 aromatic carbocycles. The molecule has 0 aliphatic rings. The predicted octanol–water partition coefficient (Wildman–Crippen LogP) is 2.84. The van der Waals surface area contributed by atoms with Gasteiger partial charge in [-0.25, -0.2) is 8.42 Å². The molecule has 0 atom stereocenters. The highest BCUT2D eigenvalue weighted by molar-refractivity contribution is 7.92. The molecular formula is C14H16ClN3O2S. The maximum Gasteiger partial charge on any atom is 0.264 e. The minimum absolute atomic E-state index is 0.0780. The minimum atomic E-state index is -3.72. The first-order chi connectivity index (χ1) is 9.87. The zero-order valence-electron chi connectivity index (χ0n) is 11.7. The predicted molar refractivity (Wildman–Crippen MR) is 85.0 cm³/mol. The van der Waals surface area contributed by atoms with Crippen LogP contribution in [0.25, 0.3) is 0 Å². The Morgan fingerprint density at radius 1 is 1.29 bits per heavy atom. The molecule has 0 spiro atoms. The Balaban J connectivity index is 2.55. The Kier molecular flexibility index (Phi) is 4.39. The fourth-order valence-electron chi connectivity index (χ4n) is 1.95. The van der Waals surface area contributed by atoms with Gasteiger partial charge in [-0.05, 0) is 43.7 Å². The number of hydrogen-bond acceptors (Lipinski definition) is 4. The maximum atomic E-state index is 12.8. The fraction of sp³-hybridized carbons (Fsp3) is 0.214. The first kappa shape index (κ1) is 15.6. The molecule has 2 aromatic rings. The number of nitrogens with two attached hydrogens (primary N) is 1. The van der Waals surface area contributed by atoms with Gasteiger partial charge in [0.2, 0.25) is 0 Å². The van der Waals surface area contributed by atoms with E-state index < -0.39 is 10.0 Å². The molecule has 21 heavy (non-hydrogen) atoms. The van der Waals surface area contributed by atoms with Crippen LogP contribution in [0.4, 0.5) is 11.4 Å². The smallest absolute Gasteiger partial charge is 0.264 e. The number of aromatic nitrogens is 1. The molecule has 5 nitrogen and oxygen atoms in total. The minimum Gasteiger partial charge on any atom is -0.398 e. The number of nitrogen functional groups attached to an aromatic ring is 1. The topological polar surface area (TPSA) is 76.3 Å². The molecule has 0 saturated heterocycles. The van der Waals surface area contributed by atoms with Gasteiger partial charge in [0.1, 0.15) is 0 Å². The first-order valence-corrected chi connectivity index (χ1v) is 8.18. The number of rotatable bonds is 4. The Labute approximate surface area is 129 Å². The SMILES string of the molecule is CCN(c1ccncc1)S(=O)(=O)c1cc(N)c(C)c(Cl)c1. The Hall–Kier alpha value is -1.79. The lowest BCUT2D eigenvalue weighted by molar-refractivity contribution is 0.592. The van der Waals surface area contributed by atoms with Crippen molar-refractivity contribution < 1.29 is 8.42 Å². The van der Waals surface area contributed by atoms with E-state index in [2.05, 4.69) is 4.98 Å². The van der Waals surface area contributed by atoms with Gasteiger partial charge in [-0.3, -0.25) is 9.29 Å². The molecule has 1 aromatic heterocycles. The van der Waals surface area contributed by atoms with Crippen LogP contribution in [0, 0.1) is 6.92 Å². The second kappa shape index (κ2) is 5.91. The summed E-state index contributed by atoms with van der Waals surface area (Å²) in [5.74, 6) is 0. The number of anilines is 2. The normalized spacial score (nSPS) is 11.4. The monoisotopic (exact) mass is 325 g/mol. The van der Waals surface area contributed by atoms with E-state index in [-0.39, 0.29) is 11.4 Å². The molecule has 0 aliphatic carbocycles. The van der Waals surface area contributed by atoms with Crippen LogP contribution in [0.1, 0.15) is 12.5 Å². The van der Waals surface area contributed by atoms with Gasteiger partial charge in [0.25, 0.3) is 10.0 Å². The average molecular weight is 326 g/mol. The van der Waals surface area contributed by atoms with Crippen LogP contribution < -0.4 is 10.0 Å². The molecule has 0 radical (unpaired) electrons. The highest BCUT2D eigenvalue weighted by Gasteiger charge is 2.24. The lowest BCUT2D eigenvalue weighted by Crippen LogP contribution is -2.30. The van der Waals surface area contributed by atoms with Crippen LogP contribution >= 0.6 is 11.6 Å². The van der Waals surface area contributed by atoms with Crippen LogP contribution in [0.3, 0.4) is 0 Å². The largest absolute Gasteiger partial charge is 0.398 e. The van der Waals surface area contributed by atoms with Crippen molar-refractivity contribution in [2.45, 2.75) is 18.7 Å². The molecule has 0 saturated carbocycles. The molecular weight excluding hydrogens is 310 g/mol. The number of benzene rings is 1. The third kappa shape index (κ3) is 2.96. The number of nitrogens with zero attached hydrogens (tertiary/aromatic N) is 2. The Morgan fingerprint density at radius 3 is 2.43 bits per heavy atom. The number of halogens is 1. The van der Waals surface area contributed by atoms with Crippen molar-refractivity contribution in [2.75, 3.05) is 16.6 Å². The standard InChI is InChI=1S/C14H16ClN3O2S/c1-3-18(11-4-6-17-7-5-11)21(19,20)12-8-13(15)10(2)14(16)9-12/h4-9H,3,16H2,1-2H3. The van der Waals surface area contributed by atoms with Gasteiger partial charge >= 0.3 is 0 Å². The van der Waals surface area contributed by atoms with Crippen LogP contribution in [-0.4, -0.2) is 19.9 Å². The van der Waals surface area contributed by atoms with Gasteiger partial charge in [-0.2, -0.15) is 0 Å². The van der Waals surface area contributed by atoms with E-state index in [1.54, 1.807) is 38.4 Å². The average Bonchev–Trinajstić information content (AvgIpc) is 2.45. The van der Waals surface area contributed by atoms with Crippen molar-refractivity contribution in [3.8, 4) is 0 Å². The molecule has 1 heterocycles. The summed E-state index contributed by atoms with van der Waals surface area (Å²) in [6.07, 6.45) is 3.09. The second-order valence-electron chi connectivity index (χ2n) is 4.49. The molecule has 0 fully saturated rings. The zero-order chi connectivity index (χ0) is 15.6. The van der Waals surface area contributed by atoms with Gasteiger partial charge in [0, 0.05) is 29.6 Å². The van der Waals surface area contributed by atoms with Crippen LogP contribution in [0.15, 0.2) is 41.6 Å². The van der Waals surface area contributed by atoms with Crippen LogP contribution in [0.2, 0.25) is 5.02 Å². The number of pyridine rings is 1. The van der Waals surface area contributed by atoms with Gasteiger partial charge in [-0.15, -0.1) is 0 Å². The van der Waals surface area contributed by atoms with Gasteiger partial charge < -0.3 is 5.73 Å². The molecule has 112 valence electrons. The highest BCUT2D eigenvalue weighted by Crippen LogP contribution is 2.29. The number of sulfonamides is 1. The molecule has 0 bridgehead atoms. The third-order valence-electron chi connectivity index (χ3n) is 3.18. The van der Waals surface area contributed by atoms with E-state index in [1.807, 2.05) is 0 Å². The van der Waals surface area contributed by atoms with Crippen molar-refractivity contribution in [3.05, 3.63) is 47.2 Å². The molecule has 2 rings (SSSR count). The Bertz CT molecular complexity index is 725. The van der Waals surface area contributed by atoms with Crippen molar-refractivity contribution >= 4 is 33.0 Å². The van der Waals surface area contributed by atoms with Crippen molar-refractivity contribution in [2.24, 2.45) is 0 Å². The van der Waals surface area contributed by atoms with E-state index >= 15 is 0 Å². The van der Waals surface area contributed by atoms with Gasteiger partial charge in [0.15, 0.2) is 0 Å². The molecule has 0 aliphatic heterocycles. The summed E-state index contributed by atoms with van der Waals surface area (Å²) in [5.41, 5.74) is 7.39. The summed E-state index contributed by atoms with van der Waals surface area (Å²) in [6.45, 7) is 3.80. The van der Waals surface area contributed by atoms with Crippen molar-refractivity contribution in [1.29, 1.82) is 0 Å². The zero-order valence-corrected chi connectivity index (χ0v) is 13.3. The van der Waals surface area contributed by atoms with E-state index in [0.29, 0.717) is 22.0 Å². The van der Waals surface area contributed by atoms with Crippen LogP contribution in [0.5, 0.6) is 0 Å². The maximum absolute atomic E-state index is 12.8. The lowest BCUT2D eigenvalue weighted by atomic mass is 10.2. The summed E-state index contributed by atoms with van der Waals surface area (Å²) < 4.78 is 26.8. The molecule has 0 amide bonds. The lowest BCUT2D eigenvalue weighted by Gasteiger charge is -2.23. The quantitative estimate of drug-likeness (QED) is 0.877. The van der Waals surface area contributed by atoms with Crippen molar-refractivity contribution in [1.82, 2.24) is 4.98 Å². The van der Waals surface area contributed by atoms with E-state index in [9.17, 15) is 8.42 Å². The van der Waals surface area contributed by atoms with E-state index in [4.69, 9.17) is 17.3 Å². The molecule has 2 N–H and O–H groups in total. The van der Waals surface area contributed by atoms with E-state index in [1.165, 1.54) is 16.4 Å². The van der Waals surface area contributed by atoms with Gasteiger partial charge in [0.05, 0.1) is 10.6 Å². The van der Waals surface area contributed by atoms with E-state index in [0.717, 1.165) is 0 Å². The third-order valence-corrected chi connectivity index (χ3v) is 5.46. The first-order valence-electron chi connectivity index (χ1n) is 6.36. The summed E-state index contributed by atoms with van der Waals surface area (Å²) >= 11 is 6.05. The summed E-state index contributed by atoms with van der Waals surface area (Å²) in [4.78, 5) is 3.97.